The molecule has 0 unspecified atom stereocenters. The van der Waals surface area contributed by atoms with Crippen molar-refractivity contribution in [2.45, 2.75) is 0 Å². The first-order valence-corrected chi connectivity index (χ1v) is 8.28. The lowest BCUT2D eigenvalue weighted by molar-refractivity contribution is -0.120. The Morgan fingerprint density at radius 1 is 1.20 bits per heavy atom. The second-order valence-corrected chi connectivity index (χ2v) is 6.02. The number of nitrogens with zero attached hydrogens (tertiary/aromatic N) is 1. The molecule has 0 aromatic heterocycles. The summed E-state index contributed by atoms with van der Waals surface area (Å²) in [6.07, 6.45) is 0. The molecule has 1 fully saturated rings. The third kappa shape index (κ3) is 4.64. The van der Waals surface area contributed by atoms with Crippen LogP contribution in [0.3, 0.4) is 0 Å². The number of halogens is 1. The zero-order valence-corrected chi connectivity index (χ0v) is 14.3. The molecule has 2 aromatic rings. The number of carbonyl (C=O) groups excluding carboxylic acids is 2. The topological polar surface area (TPSA) is 70.7 Å². The molecule has 1 aliphatic rings. The van der Waals surface area contributed by atoms with E-state index in [0.717, 1.165) is 5.69 Å². The summed E-state index contributed by atoms with van der Waals surface area (Å²) in [5.74, 6) is 0.267. The highest BCUT2D eigenvalue weighted by molar-refractivity contribution is 6.30. The summed E-state index contributed by atoms with van der Waals surface area (Å²) < 4.78 is 5.45. The number of piperazine rings is 1. The summed E-state index contributed by atoms with van der Waals surface area (Å²) in [5, 5.41) is 6.24. The van der Waals surface area contributed by atoms with Crippen LogP contribution in [0, 0.1) is 0 Å². The van der Waals surface area contributed by atoms with Crippen molar-refractivity contribution >= 4 is 34.8 Å². The lowest BCUT2D eigenvalue weighted by atomic mass is 10.2. The minimum absolute atomic E-state index is 0.0292. The molecule has 0 bridgehead atoms. The number of rotatable bonds is 5. The van der Waals surface area contributed by atoms with Crippen molar-refractivity contribution in [1.82, 2.24) is 5.32 Å². The van der Waals surface area contributed by atoms with Gasteiger partial charge in [-0.1, -0.05) is 23.7 Å². The van der Waals surface area contributed by atoms with Crippen molar-refractivity contribution in [2.75, 3.05) is 36.5 Å². The lowest BCUT2D eigenvalue weighted by Crippen LogP contribution is -2.48. The molecule has 0 spiro atoms. The summed E-state index contributed by atoms with van der Waals surface area (Å²) in [5.41, 5.74) is 1.47. The number of ether oxygens (including phenoxy) is 1. The molecule has 0 aliphatic carbocycles. The van der Waals surface area contributed by atoms with Gasteiger partial charge in [-0.3, -0.25) is 9.59 Å². The molecular formula is C18H18ClN3O3. The average Bonchev–Trinajstić information content (AvgIpc) is 2.62. The quantitative estimate of drug-likeness (QED) is 0.859. The second-order valence-electron chi connectivity index (χ2n) is 5.58. The smallest absolute Gasteiger partial charge is 0.262 e. The number of carbonyl (C=O) groups is 2. The SMILES string of the molecule is O=C1CN(c2ccccc2NC(=O)COc2ccc(Cl)cc2)CCN1. The molecule has 25 heavy (non-hydrogen) atoms. The van der Waals surface area contributed by atoms with Crippen molar-refractivity contribution < 1.29 is 14.3 Å². The molecule has 6 nitrogen and oxygen atoms in total. The maximum Gasteiger partial charge on any atom is 0.262 e. The lowest BCUT2D eigenvalue weighted by Gasteiger charge is -2.30. The highest BCUT2D eigenvalue weighted by Crippen LogP contribution is 2.26. The fourth-order valence-corrected chi connectivity index (χ4v) is 2.69. The van der Waals surface area contributed by atoms with Gasteiger partial charge in [-0.05, 0) is 36.4 Å². The van der Waals surface area contributed by atoms with Gasteiger partial charge in [0.15, 0.2) is 6.61 Å². The highest BCUT2D eigenvalue weighted by atomic mass is 35.5. The van der Waals surface area contributed by atoms with E-state index in [1.54, 1.807) is 24.3 Å². The zero-order valence-electron chi connectivity index (χ0n) is 13.5. The normalized spacial score (nSPS) is 14.0. The van der Waals surface area contributed by atoms with Crippen molar-refractivity contribution in [3.8, 4) is 5.75 Å². The van der Waals surface area contributed by atoms with Crippen molar-refractivity contribution in [1.29, 1.82) is 0 Å². The second kappa shape index (κ2) is 7.90. The Morgan fingerprint density at radius 3 is 2.72 bits per heavy atom. The van der Waals surface area contributed by atoms with E-state index >= 15 is 0 Å². The van der Waals surface area contributed by atoms with Crippen LogP contribution in [-0.4, -0.2) is 38.1 Å². The predicted octanol–water partition coefficient (Wildman–Crippen LogP) is 2.29. The fraction of sp³-hybridized carbons (Fsp3) is 0.222. The number of amides is 2. The van der Waals surface area contributed by atoms with Gasteiger partial charge in [0.05, 0.1) is 17.9 Å². The van der Waals surface area contributed by atoms with Gasteiger partial charge in [0.2, 0.25) is 5.91 Å². The molecule has 7 heteroatoms. The number of benzene rings is 2. The van der Waals surface area contributed by atoms with Gasteiger partial charge in [0.1, 0.15) is 5.75 Å². The van der Waals surface area contributed by atoms with Gasteiger partial charge >= 0.3 is 0 Å². The van der Waals surface area contributed by atoms with Crippen LogP contribution in [0.2, 0.25) is 5.02 Å². The average molecular weight is 360 g/mol. The maximum absolute atomic E-state index is 12.2. The Kier molecular flexibility index (Phi) is 5.40. The number of hydrogen-bond donors (Lipinski definition) is 2. The van der Waals surface area contributed by atoms with Gasteiger partial charge < -0.3 is 20.3 Å². The van der Waals surface area contributed by atoms with E-state index < -0.39 is 0 Å². The Bertz CT molecular complexity index is 764. The Morgan fingerprint density at radius 2 is 1.96 bits per heavy atom. The molecule has 1 saturated heterocycles. The molecule has 1 heterocycles. The summed E-state index contributed by atoms with van der Waals surface area (Å²) in [4.78, 5) is 25.7. The molecule has 2 amide bonds. The van der Waals surface area contributed by atoms with Gasteiger partial charge in [-0.15, -0.1) is 0 Å². The van der Waals surface area contributed by atoms with Crippen LogP contribution in [0.4, 0.5) is 11.4 Å². The van der Waals surface area contributed by atoms with Gasteiger partial charge in [-0.25, -0.2) is 0 Å². The maximum atomic E-state index is 12.2. The van der Waals surface area contributed by atoms with Crippen LogP contribution in [0.5, 0.6) is 5.75 Å². The van der Waals surface area contributed by atoms with Crippen molar-refractivity contribution in [2.24, 2.45) is 0 Å². The number of hydrogen-bond acceptors (Lipinski definition) is 4. The number of nitrogens with one attached hydrogen (secondary N) is 2. The van der Waals surface area contributed by atoms with E-state index in [1.165, 1.54) is 0 Å². The fourth-order valence-electron chi connectivity index (χ4n) is 2.57. The Balaban J connectivity index is 1.63. The molecule has 0 atom stereocenters. The number of para-hydroxylation sites is 2. The summed E-state index contributed by atoms with van der Waals surface area (Å²) in [6.45, 7) is 1.44. The largest absolute Gasteiger partial charge is 0.484 e. The van der Waals surface area contributed by atoms with Gasteiger partial charge in [0, 0.05) is 18.1 Å². The summed E-state index contributed by atoms with van der Waals surface area (Å²) in [6, 6.07) is 14.2. The Labute approximate surface area is 150 Å². The van der Waals surface area contributed by atoms with Crippen molar-refractivity contribution in [3.63, 3.8) is 0 Å². The first-order chi connectivity index (χ1) is 12.1. The molecular weight excluding hydrogens is 342 g/mol. The van der Waals surface area contributed by atoms with Crippen LogP contribution in [-0.2, 0) is 9.59 Å². The molecule has 2 aromatic carbocycles. The highest BCUT2D eigenvalue weighted by Gasteiger charge is 2.19. The first kappa shape index (κ1) is 17.1. The van der Waals surface area contributed by atoms with Crippen LogP contribution >= 0.6 is 11.6 Å². The van der Waals surface area contributed by atoms with E-state index in [4.69, 9.17) is 16.3 Å². The third-order valence-electron chi connectivity index (χ3n) is 3.74. The van der Waals surface area contributed by atoms with E-state index in [1.807, 2.05) is 29.2 Å². The molecule has 130 valence electrons. The minimum atomic E-state index is -0.274. The van der Waals surface area contributed by atoms with E-state index in [-0.39, 0.29) is 25.0 Å². The van der Waals surface area contributed by atoms with E-state index in [9.17, 15) is 9.59 Å². The molecule has 1 aliphatic heterocycles. The molecule has 0 saturated carbocycles. The van der Waals surface area contributed by atoms with E-state index in [2.05, 4.69) is 10.6 Å². The Hall–Kier alpha value is -2.73. The first-order valence-electron chi connectivity index (χ1n) is 7.91. The van der Waals surface area contributed by atoms with E-state index in [0.29, 0.717) is 29.5 Å². The van der Waals surface area contributed by atoms with Crippen LogP contribution in [0.1, 0.15) is 0 Å². The van der Waals surface area contributed by atoms with Crippen LogP contribution in [0.25, 0.3) is 0 Å². The number of anilines is 2. The van der Waals surface area contributed by atoms with Gasteiger partial charge in [-0.2, -0.15) is 0 Å². The minimum Gasteiger partial charge on any atom is -0.484 e. The third-order valence-corrected chi connectivity index (χ3v) is 3.99. The molecule has 3 rings (SSSR count). The summed E-state index contributed by atoms with van der Waals surface area (Å²) >= 11 is 5.82. The standard InChI is InChI=1S/C18H18ClN3O3/c19-13-5-7-14(8-6-13)25-12-18(24)21-15-3-1-2-4-16(15)22-10-9-20-17(23)11-22/h1-8H,9-12H2,(H,20,23)(H,21,24). The van der Waals surface area contributed by atoms with Crippen LogP contribution < -0.4 is 20.3 Å². The summed E-state index contributed by atoms with van der Waals surface area (Å²) in [7, 11) is 0. The monoisotopic (exact) mass is 359 g/mol. The van der Waals surface area contributed by atoms with Crippen LogP contribution in [0.15, 0.2) is 48.5 Å². The zero-order chi connectivity index (χ0) is 17.6. The van der Waals surface area contributed by atoms with Crippen molar-refractivity contribution in [3.05, 3.63) is 53.6 Å². The molecule has 2 N–H and O–H groups in total. The van der Waals surface area contributed by atoms with Gasteiger partial charge in [0.25, 0.3) is 5.91 Å². The molecule has 0 radical (unpaired) electrons. The predicted molar refractivity (Wildman–Crippen MR) is 97.2 cm³/mol.